The first-order valence-corrected chi connectivity index (χ1v) is 6.87. The summed E-state index contributed by atoms with van der Waals surface area (Å²) in [5, 5.41) is 24.3. The third-order valence-electron chi connectivity index (χ3n) is 3.26. The van der Waals surface area contributed by atoms with Gasteiger partial charge in [-0.15, -0.1) is 12.7 Å². The molecule has 1 N–H and O–H groups in total. The van der Waals surface area contributed by atoms with Crippen LogP contribution >= 0.6 is 0 Å². The van der Waals surface area contributed by atoms with Gasteiger partial charge in [0.15, 0.2) is 0 Å². The Morgan fingerprint density at radius 3 is 2.00 bits per heavy atom. The molecule has 1 saturated carbocycles. The molecule has 1 aromatic rings. The van der Waals surface area contributed by atoms with Crippen LogP contribution in [0, 0.1) is 10.1 Å². The second-order valence-electron chi connectivity index (χ2n) is 4.80. The normalized spacial score (nSPS) is 13.3. The molecule has 0 bridgehead atoms. The molecule has 1 aliphatic rings. The standard InChI is InChI=1S/C8H10N3O3.C6H12.K/c1-9-7-5-6(11(13)14)3-4-8(7)10(2)12;1-2-4-6-5-3-1;/h3-5,12H,1-2H3;1-6H2;/q-1;;+1. The van der Waals surface area contributed by atoms with Gasteiger partial charge in [-0.25, -0.2) is 0 Å². The quantitative estimate of drug-likeness (QED) is 0.519. The molecule has 0 heterocycles. The largest absolute Gasteiger partial charge is 1.00 e. The van der Waals surface area contributed by atoms with Gasteiger partial charge >= 0.3 is 51.4 Å². The number of hydroxylamine groups is 1. The monoisotopic (exact) mass is 319 g/mol. The Morgan fingerprint density at radius 2 is 1.67 bits per heavy atom. The van der Waals surface area contributed by atoms with Crippen molar-refractivity contribution in [2.45, 2.75) is 38.5 Å². The number of benzene rings is 1. The van der Waals surface area contributed by atoms with Gasteiger partial charge in [0, 0.05) is 24.9 Å². The molecule has 0 aromatic heterocycles. The van der Waals surface area contributed by atoms with Crippen LogP contribution in [0.5, 0.6) is 0 Å². The molecule has 0 amide bonds. The van der Waals surface area contributed by atoms with Crippen molar-refractivity contribution in [3.05, 3.63) is 33.6 Å². The summed E-state index contributed by atoms with van der Waals surface area (Å²) < 4.78 is 0. The first-order valence-electron chi connectivity index (χ1n) is 6.87. The average molecular weight is 319 g/mol. The maximum absolute atomic E-state index is 10.4. The minimum absolute atomic E-state index is 0. The van der Waals surface area contributed by atoms with Crippen molar-refractivity contribution < 1.29 is 61.5 Å². The first kappa shape index (κ1) is 20.8. The van der Waals surface area contributed by atoms with Crippen molar-refractivity contribution in [3.63, 3.8) is 0 Å². The molecular weight excluding hydrogens is 297 g/mol. The maximum Gasteiger partial charge on any atom is 1.00 e. The Labute approximate surface area is 168 Å². The van der Waals surface area contributed by atoms with E-state index in [1.165, 1.54) is 70.8 Å². The van der Waals surface area contributed by atoms with Gasteiger partial charge in [0.1, 0.15) is 0 Å². The van der Waals surface area contributed by atoms with E-state index in [1.54, 1.807) is 0 Å². The van der Waals surface area contributed by atoms with E-state index in [2.05, 4.69) is 5.32 Å². The molecule has 0 saturated heterocycles. The third kappa shape index (κ3) is 7.58. The van der Waals surface area contributed by atoms with Gasteiger partial charge < -0.3 is 5.32 Å². The number of anilines is 1. The molecule has 0 spiro atoms. The van der Waals surface area contributed by atoms with Crippen LogP contribution in [-0.2, 0) is 0 Å². The second-order valence-corrected chi connectivity index (χ2v) is 4.80. The Hall–Kier alpha value is -0.184. The van der Waals surface area contributed by atoms with E-state index in [1.807, 2.05) is 0 Å². The smallest absolute Gasteiger partial charge is 0.685 e. The average Bonchev–Trinajstić information content (AvgIpc) is 2.48. The second kappa shape index (κ2) is 11.4. The fraction of sp³-hybridized carbons (Fsp3) is 0.571. The van der Waals surface area contributed by atoms with Crippen molar-refractivity contribution >= 4 is 17.1 Å². The zero-order valence-electron chi connectivity index (χ0n) is 13.1. The van der Waals surface area contributed by atoms with Crippen LogP contribution in [0.1, 0.15) is 38.5 Å². The fourth-order valence-electron chi connectivity index (χ4n) is 2.14. The van der Waals surface area contributed by atoms with E-state index in [4.69, 9.17) is 5.21 Å². The fourth-order valence-corrected chi connectivity index (χ4v) is 2.14. The van der Waals surface area contributed by atoms with E-state index in [-0.39, 0.29) is 57.1 Å². The minimum atomic E-state index is -0.504. The summed E-state index contributed by atoms with van der Waals surface area (Å²) in [7, 11) is 2.93. The van der Waals surface area contributed by atoms with Gasteiger partial charge in [0.25, 0.3) is 5.69 Å². The van der Waals surface area contributed by atoms with Crippen molar-refractivity contribution in [1.29, 1.82) is 0 Å². The minimum Gasteiger partial charge on any atom is -0.685 e. The summed E-state index contributed by atoms with van der Waals surface area (Å²) in [6.07, 6.45) is 9.00. The van der Waals surface area contributed by atoms with Gasteiger partial charge in [0.05, 0.1) is 4.92 Å². The van der Waals surface area contributed by atoms with Gasteiger partial charge in [-0.2, -0.15) is 0 Å². The summed E-state index contributed by atoms with van der Waals surface area (Å²) >= 11 is 0. The first-order chi connectivity index (χ1) is 9.56. The number of rotatable bonds is 3. The molecule has 6 nitrogen and oxygen atoms in total. The number of nitro groups is 1. The van der Waals surface area contributed by atoms with Crippen LogP contribution in [0.4, 0.5) is 17.1 Å². The van der Waals surface area contributed by atoms with Crippen LogP contribution in [0.3, 0.4) is 0 Å². The summed E-state index contributed by atoms with van der Waals surface area (Å²) in [5.74, 6) is 0. The summed E-state index contributed by atoms with van der Waals surface area (Å²) in [4.78, 5) is 9.93. The topological polar surface area (TPSA) is 80.7 Å². The Morgan fingerprint density at radius 1 is 1.19 bits per heavy atom. The molecule has 0 radical (unpaired) electrons. The summed E-state index contributed by atoms with van der Waals surface area (Å²) in [6, 6.07) is 4.07. The van der Waals surface area contributed by atoms with Gasteiger partial charge in [-0.05, 0) is 6.07 Å². The van der Waals surface area contributed by atoms with E-state index in [9.17, 15) is 10.1 Å². The van der Waals surface area contributed by atoms with Gasteiger partial charge in [-0.1, -0.05) is 38.5 Å². The van der Waals surface area contributed by atoms with E-state index in [0.29, 0.717) is 11.4 Å². The predicted octanol–water partition coefficient (Wildman–Crippen LogP) is 1.40. The molecule has 0 aliphatic heterocycles. The molecule has 1 aromatic carbocycles. The maximum atomic E-state index is 10.4. The number of nitrogens with zero attached hydrogens (tertiary/aromatic N) is 3. The zero-order valence-corrected chi connectivity index (χ0v) is 16.2. The molecule has 7 heteroatoms. The number of nitro benzene ring substituents is 1. The van der Waals surface area contributed by atoms with Crippen molar-refractivity contribution in [2.24, 2.45) is 0 Å². The molecule has 0 unspecified atom stereocenters. The van der Waals surface area contributed by atoms with Gasteiger partial charge in [-0.3, -0.25) is 20.4 Å². The van der Waals surface area contributed by atoms with Crippen LogP contribution in [0.15, 0.2) is 18.2 Å². The molecule has 1 fully saturated rings. The van der Waals surface area contributed by atoms with E-state index < -0.39 is 4.92 Å². The number of hydrogen-bond acceptors (Lipinski definition) is 4. The van der Waals surface area contributed by atoms with Crippen LogP contribution in [0.2, 0.25) is 0 Å². The molecule has 1 aliphatic carbocycles. The molecule has 112 valence electrons. The van der Waals surface area contributed by atoms with E-state index >= 15 is 0 Å². The van der Waals surface area contributed by atoms with Crippen molar-refractivity contribution in [3.8, 4) is 0 Å². The van der Waals surface area contributed by atoms with Gasteiger partial charge in [0.2, 0.25) is 0 Å². The van der Waals surface area contributed by atoms with Crippen LogP contribution in [-0.4, -0.2) is 24.2 Å². The Kier molecular flexibility index (Phi) is 11.3. The zero-order chi connectivity index (χ0) is 15.0. The van der Waals surface area contributed by atoms with Crippen molar-refractivity contribution in [1.82, 2.24) is 0 Å². The summed E-state index contributed by atoms with van der Waals surface area (Å²) in [5.41, 5.74) is 0.763. The molecular formula is C14H22KN3O3. The Bertz CT molecular complexity index is 426. The number of non-ortho nitro benzene ring substituents is 1. The van der Waals surface area contributed by atoms with Crippen LogP contribution < -0.4 is 56.4 Å². The van der Waals surface area contributed by atoms with E-state index in [0.717, 1.165) is 5.06 Å². The van der Waals surface area contributed by atoms with Crippen LogP contribution in [0.25, 0.3) is 5.32 Å². The molecule has 21 heavy (non-hydrogen) atoms. The molecule has 2 rings (SSSR count). The number of hydrogen-bond donors (Lipinski definition) is 1. The third-order valence-corrected chi connectivity index (χ3v) is 3.26. The predicted molar refractivity (Wildman–Crippen MR) is 79.9 cm³/mol. The molecule has 0 atom stereocenters. The SMILES string of the molecule is C1CCCCC1.C[N-]c1cc([N+](=O)[O-])ccc1N(C)O.[K+]. The Balaban J connectivity index is 0.000000480. The summed E-state index contributed by atoms with van der Waals surface area (Å²) in [6.45, 7) is 0. The van der Waals surface area contributed by atoms with Crippen molar-refractivity contribution in [2.75, 3.05) is 19.2 Å².